The normalized spacial score (nSPS) is 28.6. The van der Waals surface area contributed by atoms with E-state index in [9.17, 15) is 39.9 Å². The number of benzene rings is 3. The Kier molecular flexibility index (Phi) is 14.6. The van der Waals surface area contributed by atoms with E-state index in [0.717, 1.165) is 0 Å². The Morgan fingerprint density at radius 2 is 1.60 bits per heavy atom. The Bertz CT molecular complexity index is 2350. The van der Waals surface area contributed by atoms with Crippen LogP contribution in [0, 0.1) is 30.6 Å². The lowest BCUT2D eigenvalue weighted by Crippen LogP contribution is -2.46. The lowest BCUT2D eigenvalue weighted by atomic mass is 9.78. The van der Waals surface area contributed by atoms with Crippen LogP contribution in [0.1, 0.15) is 76.9 Å². The fraction of sp³-hybridized carbons (Fsp3) is 0.404. The molecule has 3 aliphatic rings. The number of phenolic OH excluding ortho intramolecular Hbond substituents is 3. The van der Waals surface area contributed by atoms with Gasteiger partial charge in [-0.1, -0.05) is 64.1 Å². The predicted molar refractivity (Wildman–Crippen MR) is 236 cm³/mol. The summed E-state index contributed by atoms with van der Waals surface area (Å²) in [6, 6.07) is 9.16. The van der Waals surface area contributed by atoms with E-state index in [4.69, 9.17) is 18.9 Å². The minimum Gasteiger partial charge on any atom is -0.507 e. The van der Waals surface area contributed by atoms with Gasteiger partial charge in [0.1, 0.15) is 23.4 Å². The summed E-state index contributed by atoms with van der Waals surface area (Å²) in [5, 5.41) is 65.0. The molecule has 332 valence electrons. The van der Waals surface area contributed by atoms with E-state index in [-0.39, 0.29) is 44.5 Å². The number of anilines is 2. The number of ether oxygens (including phenoxy) is 4. The van der Waals surface area contributed by atoms with Crippen molar-refractivity contribution < 1.29 is 58.9 Å². The van der Waals surface area contributed by atoms with Crippen LogP contribution in [0.2, 0.25) is 0 Å². The average molecular weight is 856 g/mol. The molecule has 9 atom stereocenters. The van der Waals surface area contributed by atoms with Crippen molar-refractivity contribution in [3.05, 3.63) is 89.2 Å². The number of rotatable bonds is 6. The highest BCUT2D eigenvalue weighted by Crippen LogP contribution is 2.55. The van der Waals surface area contributed by atoms with Crippen LogP contribution in [0.5, 0.6) is 23.0 Å². The van der Waals surface area contributed by atoms with Crippen molar-refractivity contribution in [1.29, 1.82) is 0 Å². The number of aliphatic hydroxyl groups excluding tert-OH is 2. The Hall–Kier alpha value is -6.16. The van der Waals surface area contributed by atoms with Crippen LogP contribution in [-0.2, 0) is 23.8 Å². The first-order chi connectivity index (χ1) is 29.2. The van der Waals surface area contributed by atoms with E-state index in [1.54, 1.807) is 46.8 Å². The quantitative estimate of drug-likeness (QED) is 0.0427. The molecule has 15 heteroatoms. The lowest BCUT2D eigenvalue weighted by molar-refractivity contribution is -0.160. The number of esters is 1. The SMILES string of the molecule is COC1/C=C/OC2(C)Oc3c(C)c(O)c4c(O)c(c(/C=C\C(C)=N/Nc5ccccc5)c(O)c4c3C2=O)NC(=O)C(C)=C/C=C/C(C)C(O)C(C)C(O)C(C)C(OC(C)=O)C1C. The van der Waals surface area contributed by atoms with Gasteiger partial charge < -0.3 is 49.8 Å². The van der Waals surface area contributed by atoms with Gasteiger partial charge >= 0.3 is 11.8 Å². The second-order valence-corrected chi connectivity index (χ2v) is 16.2. The monoisotopic (exact) mass is 855 g/mol. The fourth-order valence-electron chi connectivity index (χ4n) is 7.82. The number of phenols is 3. The van der Waals surface area contributed by atoms with Crippen molar-refractivity contribution in [3.63, 3.8) is 0 Å². The summed E-state index contributed by atoms with van der Waals surface area (Å²) in [5.74, 6) is -8.51. The summed E-state index contributed by atoms with van der Waals surface area (Å²) in [4.78, 5) is 40.6. The first kappa shape index (κ1) is 46.9. The average Bonchev–Trinajstić information content (AvgIpc) is 3.51. The van der Waals surface area contributed by atoms with Gasteiger partial charge in [0.25, 0.3) is 11.7 Å². The summed E-state index contributed by atoms with van der Waals surface area (Å²) in [7, 11) is 1.43. The molecule has 0 aromatic heterocycles. The van der Waals surface area contributed by atoms with Crippen LogP contribution in [0.15, 0.2) is 77.6 Å². The molecule has 0 radical (unpaired) electrons. The van der Waals surface area contributed by atoms with E-state index < -0.39 is 88.8 Å². The van der Waals surface area contributed by atoms with Crippen LogP contribution in [0.4, 0.5) is 11.4 Å². The molecule has 3 heterocycles. The molecule has 6 rings (SSSR count). The zero-order valence-corrected chi connectivity index (χ0v) is 36.6. The number of nitrogens with zero attached hydrogens (tertiary/aromatic N) is 1. The summed E-state index contributed by atoms with van der Waals surface area (Å²) in [5.41, 5.74) is 3.66. The number of aromatic hydroxyl groups is 3. The van der Waals surface area contributed by atoms with Gasteiger partial charge in [-0.2, -0.15) is 5.10 Å². The second kappa shape index (κ2) is 19.3. The molecule has 0 saturated heterocycles. The number of hydrogen-bond donors (Lipinski definition) is 7. The molecule has 9 unspecified atom stereocenters. The molecule has 0 saturated carbocycles. The number of methoxy groups -OCH3 is 1. The zero-order chi connectivity index (χ0) is 45.8. The summed E-state index contributed by atoms with van der Waals surface area (Å²) in [6.07, 6.45) is 6.40. The topological polar surface area (TPSA) is 226 Å². The highest BCUT2D eigenvalue weighted by atomic mass is 16.7. The Morgan fingerprint density at radius 3 is 2.24 bits per heavy atom. The maximum absolute atomic E-state index is 14.5. The molecule has 7 N–H and O–H groups in total. The lowest BCUT2D eigenvalue weighted by Gasteiger charge is -2.38. The number of carbonyl (C=O) groups excluding carboxylic acids is 3. The molecule has 3 aromatic rings. The van der Waals surface area contributed by atoms with E-state index in [1.807, 2.05) is 30.3 Å². The number of para-hydroxylation sites is 1. The number of carbonyl (C=O) groups is 3. The van der Waals surface area contributed by atoms with Gasteiger partial charge in [0.2, 0.25) is 0 Å². The number of hydrazone groups is 1. The molecule has 3 aliphatic heterocycles. The molecule has 5 bridgehead atoms. The number of allylic oxidation sites excluding steroid dienone is 3. The molecule has 0 aliphatic carbocycles. The van der Waals surface area contributed by atoms with E-state index in [1.165, 1.54) is 65.4 Å². The number of Topliss-reactive ketones (excluding diaryl/α,β-unsaturated/α-hetero) is 1. The van der Waals surface area contributed by atoms with E-state index in [0.29, 0.717) is 11.4 Å². The molecule has 0 fully saturated rings. The summed E-state index contributed by atoms with van der Waals surface area (Å²) < 4.78 is 23.6. The molecule has 0 spiro atoms. The second-order valence-electron chi connectivity index (χ2n) is 16.2. The third-order valence-corrected chi connectivity index (χ3v) is 11.7. The zero-order valence-electron chi connectivity index (χ0n) is 36.6. The van der Waals surface area contributed by atoms with Crippen molar-refractivity contribution in [3.8, 4) is 23.0 Å². The van der Waals surface area contributed by atoms with Crippen LogP contribution in [0.25, 0.3) is 16.8 Å². The van der Waals surface area contributed by atoms with E-state index >= 15 is 0 Å². The smallest absolute Gasteiger partial charge is 0.312 e. The fourth-order valence-corrected chi connectivity index (χ4v) is 7.82. The number of nitrogens with one attached hydrogen (secondary N) is 2. The molecular weight excluding hydrogens is 799 g/mol. The Morgan fingerprint density at radius 1 is 0.919 bits per heavy atom. The van der Waals surface area contributed by atoms with Gasteiger partial charge in [-0.05, 0) is 51.1 Å². The molecular formula is C47H57N3O12. The third kappa shape index (κ3) is 9.49. The molecule has 62 heavy (non-hydrogen) atoms. The molecule has 1 amide bonds. The first-order valence-electron chi connectivity index (χ1n) is 20.3. The molecule has 3 aromatic carbocycles. The van der Waals surface area contributed by atoms with Crippen molar-refractivity contribution in [2.24, 2.45) is 28.8 Å². The highest BCUT2D eigenvalue weighted by Gasteiger charge is 2.50. The van der Waals surface area contributed by atoms with Crippen LogP contribution in [-0.4, -0.2) is 86.2 Å². The van der Waals surface area contributed by atoms with Crippen molar-refractivity contribution in [2.45, 2.75) is 92.5 Å². The maximum Gasteiger partial charge on any atom is 0.312 e. The van der Waals surface area contributed by atoms with Gasteiger partial charge in [-0.15, -0.1) is 0 Å². The van der Waals surface area contributed by atoms with Gasteiger partial charge in [0.05, 0.1) is 52.6 Å². The highest BCUT2D eigenvalue weighted by molar-refractivity contribution is 6.23. The van der Waals surface area contributed by atoms with Crippen molar-refractivity contribution in [2.75, 3.05) is 17.9 Å². The Labute approximate surface area is 361 Å². The standard InChI is InChI=1S/C47H57N3O12/c1-23-15-14-16-24(2)46(58)48-37-32(20-19-25(3)49-50-31-17-12-11-13-18-31)41(55)34-35(42(37)56)40(54)29(7)44-36(34)45(57)47(9,62-44)60-22-21-33(59-10)26(4)43(61-30(8)51)28(6)39(53)27(5)38(23)52/h11-23,26-28,33,38-39,43,50,52-56H,1-10H3,(H,48,58)/b15-14+,20-19-,22-21+,24-16?,49-25-. The van der Waals surface area contributed by atoms with Crippen LogP contribution in [0.3, 0.4) is 0 Å². The van der Waals surface area contributed by atoms with Gasteiger partial charge in [0, 0.05) is 66.7 Å². The number of aliphatic hydroxyl groups is 2. The third-order valence-electron chi connectivity index (χ3n) is 11.7. The minimum absolute atomic E-state index is 0.0415. The first-order valence-corrected chi connectivity index (χ1v) is 20.3. The summed E-state index contributed by atoms with van der Waals surface area (Å²) in [6.45, 7) is 14.2. The largest absolute Gasteiger partial charge is 0.507 e. The van der Waals surface area contributed by atoms with Crippen molar-refractivity contribution in [1.82, 2.24) is 0 Å². The number of fused-ring (bicyclic) bond motifs is 14. The minimum atomic E-state index is -2.06. The number of ketones is 1. The van der Waals surface area contributed by atoms with Gasteiger partial charge in [0.15, 0.2) is 5.75 Å². The van der Waals surface area contributed by atoms with Gasteiger partial charge in [-0.25, -0.2) is 0 Å². The number of amides is 1. The Balaban J connectivity index is 1.71. The van der Waals surface area contributed by atoms with Crippen LogP contribution >= 0.6 is 0 Å². The van der Waals surface area contributed by atoms with Gasteiger partial charge in [-0.3, -0.25) is 19.8 Å². The molecule has 15 nitrogen and oxygen atoms in total. The van der Waals surface area contributed by atoms with Crippen molar-refractivity contribution >= 4 is 51.6 Å². The maximum atomic E-state index is 14.5. The van der Waals surface area contributed by atoms with E-state index in [2.05, 4.69) is 15.8 Å². The predicted octanol–water partition coefficient (Wildman–Crippen LogP) is 7.26. The number of hydrogen-bond acceptors (Lipinski definition) is 14. The van der Waals surface area contributed by atoms with Crippen LogP contribution < -0.4 is 15.5 Å². The summed E-state index contributed by atoms with van der Waals surface area (Å²) >= 11 is 0.